The molecule has 0 radical (unpaired) electrons. The standard InChI is InChI=1S/C27H28N2O3/c1-16(19-7-6-8-20(13-19)17(2)30)28-26(31)23-15-25-22(29-23)14-24(32-25)18-9-11-21(12-10-18)27(3,4)5/h6-16,29H,1-5H3,(H,28,31). The number of H-pyrrole nitrogens is 1. The Labute approximate surface area is 187 Å². The van der Waals surface area contributed by atoms with Crippen molar-refractivity contribution in [3.8, 4) is 11.3 Å². The van der Waals surface area contributed by atoms with Gasteiger partial charge in [0, 0.05) is 23.3 Å². The van der Waals surface area contributed by atoms with Gasteiger partial charge in [-0.25, -0.2) is 0 Å². The minimum Gasteiger partial charge on any atom is -0.454 e. The van der Waals surface area contributed by atoms with Crippen LogP contribution in [0.15, 0.2) is 65.1 Å². The van der Waals surface area contributed by atoms with Crippen LogP contribution >= 0.6 is 0 Å². The van der Waals surface area contributed by atoms with E-state index in [0.717, 1.165) is 22.4 Å². The number of hydrogen-bond donors (Lipinski definition) is 2. The average Bonchev–Trinajstić information content (AvgIpc) is 3.33. The number of aromatic amines is 1. The Morgan fingerprint density at radius 1 is 1.00 bits per heavy atom. The number of aromatic nitrogens is 1. The molecule has 5 nitrogen and oxygen atoms in total. The topological polar surface area (TPSA) is 75.1 Å². The highest BCUT2D eigenvalue weighted by molar-refractivity contribution is 5.98. The summed E-state index contributed by atoms with van der Waals surface area (Å²) in [4.78, 5) is 27.5. The molecule has 1 amide bonds. The summed E-state index contributed by atoms with van der Waals surface area (Å²) < 4.78 is 5.99. The van der Waals surface area contributed by atoms with E-state index in [1.807, 2.05) is 31.2 Å². The molecule has 0 saturated heterocycles. The molecule has 0 aliphatic carbocycles. The van der Waals surface area contributed by atoms with Gasteiger partial charge in [-0.1, -0.05) is 63.2 Å². The summed E-state index contributed by atoms with van der Waals surface area (Å²) in [5.74, 6) is 0.528. The van der Waals surface area contributed by atoms with Gasteiger partial charge in [0.25, 0.3) is 5.91 Å². The highest BCUT2D eigenvalue weighted by atomic mass is 16.3. The number of furan rings is 1. The van der Waals surface area contributed by atoms with Crippen LogP contribution in [0.5, 0.6) is 0 Å². The number of ketones is 1. The average molecular weight is 429 g/mol. The van der Waals surface area contributed by atoms with Crippen molar-refractivity contribution in [1.29, 1.82) is 0 Å². The number of Topliss-reactive ketones (excluding diaryl/α,β-unsaturated/α-hetero) is 1. The largest absolute Gasteiger partial charge is 0.454 e. The van der Waals surface area contributed by atoms with Gasteiger partial charge in [0.05, 0.1) is 11.6 Å². The summed E-state index contributed by atoms with van der Waals surface area (Å²) in [5, 5.41) is 2.97. The van der Waals surface area contributed by atoms with Crippen molar-refractivity contribution < 1.29 is 14.0 Å². The fourth-order valence-electron chi connectivity index (χ4n) is 3.71. The Kier molecular flexibility index (Phi) is 5.51. The first-order valence-electron chi connectivity index (χ1n) is 10.8. The van der Waals surface area contributed by atoms with Gasteiger partial charge in [0.2, 0.25) is 0 Å². The molecule has 1 atom stereocenters. The number of amides is 1. The van der Waals surface area contributed by atoms with Crippen LogP contribution in [-0.4, -0.2) is 16.7 Å². The van der Waals surface area contributed by atoms with Crippen LogP contribution < -0.4 is 5.32 Å². The lowest BCUT2D eigenvalue weighted by Crippen LogP contribution is -2.27. The van der Waals surface area contributed by atoms with Crippen molar-refractivity contribution in [3.05, 3.63) is 83.0 Å². The summed E-state index contributed by atoms with van der Waals surface area (Å²) in [6, 6.07) is 19.1. The first kappa shape index (κ1) is 21.6. The maximum atomic E-state index is 12.8. The molecular weight excluding hydrogens is 400 g/mol. The van der Waals surface area contributed by atoms with Crippen molar-refractivity contribution >= 4 is 22.8 Å². The monoisotopic (exact) mass is 428 g/mol. The van der Waals surface area contributed by atoms with Gasteiger partial charge < -0.3 is 14.7 Å². The molecule has 1 unspecified atom stereocenters. The van der Waals surface area contributed by atoms with E-state index in [2.05, 4.69) is 55.3 Å². The van der Waals surface area contributed by atoms with Crippen molar-refractivity contribution in [2.75, 3.05) is 0 Å². The summed E-state index contributed by atoms with van der Waals surface area (Å²) in [5.41, 5.74) is 5.70. The van der Waals surface area contributed by atoms with E-state index < -0.39 is 0 Å². The van der Waals surface area contributed by atoms with Gasteiger partial charge >= 0.3 is 0 Å². The zero-order chi connectivity index (χ0) is 23.0. The number of carbonyl (C=O) groups is 2. The molecule has 2 N–H and O–H groups in total. The van der Waals surface area contributed by atoms with Crippen LogP contribution in [-0.2, 0) is 5.41 Å². The molecule has 2 heterocycles. The number of rotatable bonds is 5. The fraction of sp³-hybridized carbons (Fsp3) is 0.259. The molecule has 164 valence electrons. The SMILES string of the molecule is CC(=O)c1cccc(C(C)NC(=O)c2cc3oc(-c4ccc(C(C)(C)C)cc4)cc3[nH]2)c1. The van der Waals surface area contributed by atoms with Gasteiger partial charge in [0.15, 0.2) is 11.4 Å². The molecule has 2 aromatic heterocycles. The molecule has 4 aromatic rings. The summed E-state index contributed by atoms with van der Waals surface area (Å²) in [6.07, 6.45) is 0. The summed E-state index contributed by atoms with van der Waals surface area (Å²) >= 11 is 0. The highest BCUT2D eigenvalue weighted by Crippen LogP contribution is 2.30. The number of carbonyl (C=O) groups excluding carboxylic acids is 2. The van der Waals surface area contributed by atoms with Crippen molar-refractivity contribution in [1.82, 2.24) is 10.3 Å². The van der Waals surface area contributed by atoms with Gasteiger partial charge in [-0.3, -0.25) is 9.59 Å². The lowest BCUT2D eigenvalue weighted by Gasteiger charge is -2.18. The molecule has 0 saturated carbocycles. The van der Waals surface area contributed by atoms with Gasteiger partial charge in [-0.05, 0) is 36.5 Å². The van der Waals surface area contributed by atoms with Gasteiger partial charge in [0.1, 0.15) is 11.5 Å². The van der Waals surface area contributed by atoms with Crippen LogP contribution in [0.3, 0.4) is 0 Å². The smallest absolute Gasteiger partial charge is 0.268 e. The lowest BCUT2D eigenvalue weighted by molar-refractivity contribution is 0.0935. The van der Waals surface area contributed by atoms with E-state index in [9.17, 15) is 9.59 Å². The predicted octanol–water partition coefficient (Wildman–Crippen LogP) is 6.42. The molecule has 2 aromatic carbocycles. The van der Waals surface area contributed by atoms with E-state index in [1.165, 1.54) is 12.5 Å². The third-order valence-corrected chi connectivity index (χ3v) is 5.73. The molecule has 4 rings (SSSR count). The number of fused-ring (bicyclic) bond motifs is 1. The summed E-state index contributed by atoms with van der Waals surface area (Å²) in [7, 11) is 0. The van der Waals surface area contributed by atoms with Crippen LogP contribution in [0.1, 0.15) is 72.6 Å². The second-order valence-corrected chi connectivity index (χ2v) is 9.28. The van der Waals surface area contributed by atoms with Crippen LogP contribution in [0.25, 0.3) is 22.4 Å². The van der Waals surface area contributed by atoms with E-state index >= 15 is 0 Å². The van der Waals surface area contributed by atoms with Crippen molar-refractivity contribution in [2.24, 2.45) is 0 Å². The molecule has 0 spiro atoms. The molecule has 32 heavy (non-hydrogen) atoms. The zero-order valence-corrected chi connectivity index (χ0v) is 19.1. The number of nitrogens with one attached hydrogen (secondary N) is 2. The maximum absolute atomic E-state index is 12.8. The Morgan fingerprint density at radius 3 is 2.34 bits per heavy atom. The second kappa shape index (κ2) is 8.15. The van der Waals surface area contributed by atoms with E-state index in [4.69, 9.17) is 4.42 Å². The molecule has 0 fully saturated rings. The minimum absolute atomic E-state index is 0.000967. The third-order valence-electron chi connectivity index (χ3n) is 5.73. The Morgan fingerprint density at radius 2 is 1.72 bits per heavy atom. The predicted molar refractivity (Wildman–Crippen MR) is 127 cm³/mol. The molecule has 0 aliphatic heterocycles. The third kappa shape index (κ3) is 4.37. The minimum atomic E-state index is -0.242. The van der Waals surface area contributed by atoms with Crippen LogP contribution in [0.4, 0.5) is 0 Å². The zero-order valence-electron chi connectivity index (χ0n) is 19.1. The Balaban J connectivity index is 1.50. The quantitative estimate of drug-likeness (QED) is 0.360. The maximum Gasteiger partial charge on any atom is 0.268 e. The van der Waals surface area contributed by atoms with Gasteiger partial charge in [-0.15, -0.1) is 0 Å². The lowest BCUT2D eigenvalue weighted by atomic mass is 9.86. The van der Waals surface area contributed by atoms with Gasteiger partial charge in [-0.2, -0.15) is 0 Å². The molecule has 0 aliphatic rings. The van der Waals surface area contributed by atoms with Crippen molar-refractivity contribution in [3.63, 3.8) is 0 Å². The summed E-state index contributed by atoms with van der Waals surface area (Å²) in [6.45, 7) is 9.98. The number of benzene rings is 2. The Hall–Kier alpha value is -3.60. The fourth-order valence-corrected chi connectivity index (χ4v) is 3.71. The van der Waals surface area contributed by atoms with Crippen LogP contribution in [0.2, 0.25) is 0 Å². The second-order valence-electron chi connectivity index (χ2n) is 9.28. The van der Waals surface area contributed by atoms with Crippen molar-refractivity contribution in [2.45, 2.75) is 46.1 Å². The first-order valence-corrected chi connectivity index (χ1v) is 10.8. The normalized spacial score (nSPS) is 12.7. The van der Waals surface area contributed by atoms with E-state index in [1.54, 1.807) is 12.1 Å². The first-order chi connectivity index (χ1) is 15.1. The molecule has 0 bridgehead atoms. The molecule has 5 heteroatoms. The highest BCUT2D eigenvalue weighted by Gasteiger charge is 2.18. The van der Waals surface area contributed by atoms with Crippen LogP contribution in [0, 0.1) is 0 Å². The van der Waals surface area contributed by atoms with E-state index in [-0.39, 0.29) is 23.1 Å². The molecular formula is C27H28N2O3. The van der Waals surface area contributed by atoms with E-state index in [0.29, 0.717) is 16.8 Å². The Bertz CT molecular complexity index is 1260. The number of hydrogen-bond acceptors (Lipinski definition) is 3.